The average Bonchev–Trinajstić information content (AvgIpc) is 2.67. The Morgan fingerprint density at radius 3 is 2.76 bits per heavy atom. The van der Waals surface area contributed by atoms with E-state index in [-0.39, 0.29) is 12.2 Å². The van der Waals surface area contributed by atoms with Crippen LogP contribution in [0.5, 0.6) is 5.75 Å². The number of halogens is 1. The predicted molar refractivity (Wildman–Crippen MR) is 117 cm³/mol. The quantitative estimate of drug-likeness (QED) is 0.571. The Bertz CT molecular complexity index is 1170. The van der Waals surface area contributed by atoms with Crippen LogP contribution >= 0.6 is 15.9 Å². The van der Waals surface area contributed by atoms with Crippen LogP contribution in [0.25, 0.3) is 10.9 Å². The van der Waals surface area contributed by atoms with Gasteiger partial charge in [0.25, 0.3) is 11.5 Å². The summed E-state index contributed by atoms with van der Waals surface area (Å²) in [6.45, 7) is 1.45. The number of primary amides is 1. The number of hydrogen-bond acceptors (Lipinski definition) is 6. The number of carbonyl (C=O) groups excluding carboxylic acids is 1. The van der Waals surface area contributed by atoms with Gasteiger partial charge in [-0.3, -0.25) is 9.59 Å². The Morgan fingerprint density at radius 1 is 1.31 bits per heavy atom. The van der Waals surface area contributed by atoms with Crippen molar-refractivity contribution in [2.24, 2.45) is 10.8 Å². The summed E-state index contributed by atoms with van der Waals surface area (Å²) < 4.78 is 7.53. The number of aryl methyl sites for hydroxylation is 1. The van der Waals surface area contributed by atoms with Crippen LogP contribution < -0.4 is 20.9 Å². The van der Waals surface area contributed by atoms with Gasteiger partial charge in [0, 0.05) is 35.9 Å². The van der Waals surface area contributed by atoms with Crippen LogP contribution in [0.15, 0.2) is 50.8 Å². The fourth-order valence-corrected chi connectivity index (χ4v) is 3.06. The van der Waals surface area contributed by atoms with Gasteiger partial charge in [0.1, 0.15) is 11.6 Å². The van der Waals surface area contributed by atoms with Crippen molar-refractivity contribution < 1.29 is 9.53 Å². The molecule has 0 atom stereocenters. The number of fused-ring (bicyclic) bond motifs is 1. The number of nitrogens with two attached hydrogens (primary N) is 1. The first-order chi connectivity index (χ1) is 13.8. The van der Waals surface area contributed by atoms with Gasteiger partial charge in [-0.05, 0) is 37.3 Å². The molecule has 0 unspecified atom stereocenters. The number of benzene rings is 2. The van der Waals surface area contributed by atoms with Crippen molar-refractivity contribution in [2.75, 3.05) is 25.6 Å². The first-order valence-corrected chi connectivity index (χ1v) is 9.51. The molecule has 2 N–H and O–H groups in total. The van der Waals surface area contributed by atoms with Gasteiger partial charge in [-0.2, -0.15) is 9.78 Å². The average molecular weight is 458 g/mol. The van der Waals surface area contributed by atoms with Gasteiger partial charge in [-0.15, -0.1) is 0 Å². The molecular weight excluding hydrogens is 438 g/mol. The van der Waals surface area contributed by atoms with Crippen LogP contribution in [0, 0.1) is 6.92 Å². The molecule has 1 amide bonds. The lowest BCUT2D eigenvalue weighted by Crippen LogP contribution is -2.21. The van der Waals surface area contributed by atoms with Gasteiger partial charge in [0.2, 0.25) is 0 Å². The third kappa shape index (κ3) is 4.62. The first kappa shape index (κ1) is 20.5. The molecule has 0 saturated carbocycles. The van der Waals surface area contributed by atoms with Crippen molar-refractivity contribution in [1.29, 1.82) is 0 Å². The number of carbonyl (C=O) groups is 1. The SMILES string of the molecule is Cc1nc2ccc(Br)cc2c(=O)n1N=Cc1ccc(N(C)C)cc1OCC(N)=O. The van der Waals surface area contributed by atoms with Crippen LogP contribution in [0.3, 0.4) is 0 Å². The summed E-state index contributed by atoms with van der Waals surface area (Å²) >= 11 is 3.37. The van der Waals surface area contributed by atoms with E-state index in [1.54, 1.807) is 31.2 Å². The van der Waals surface area contributed by atoms with E-state index in [9.17, 15) is 9.59 Å². The highest BCUT2D eigenvalue weighted by molar-refractivity contribution is 9.10. The van der Waals surface area contributed by atoms with Gasteiger partial charge >= 0.3 is 0 Å². The summed E-state index contributed by atoms with van der Waals surface area (Å²) in [4.78, 5) is 30.3. The molecule has 9 heteroatoms. The van der Waals surface area contributed by atoms with E-state index in [4.69, 9.17) is 10.5 Å². The Labute approximate surface area is 175 Å². The molecule has 3 rings (SSSR count). The Hall–Kier alpha value is -3.20. The minimum Gasteiger partial charge on any atom is -0.483 e. The molecule has 0 saturated heterocycles. The first-order valence-electron chi connectivity index (χ1n) is 8.72. The van der Waals surface area contributed by atoms with Crippen LogP contribution in [-0.2, 0) is 4.79 Å². The summed E-state index contributed by atoms with van der Waals surface area (Å²) in [5.41, 5.74) is 6.99. The smallest absolute Gasteiger partial charge is 0.282 e. The van der Waals surface area contributed by atoms with E-state index in [0.29, 0.717) is 28.0 Å². The van der Waals surface area contributed by atoms with Crippen LogP contribution in [0.1, 0.15) is 11.4 Å². The van der Waals surface area contributed by atoms with Gasteiger partial charge in [-0.25, -0.2) is 4.98 Å². The Morgan fingerprint density at radius 2 is 2.07 bits per heavy atom. The molecule has 3 aromatic rings. The molecule has 8 nitrogen and oxygen atoms in total. The minimum absolute atomic E-state index is 0.262. The molecule has 29 heavy (non-hydrogen) atoms. The van der Waals surface area contributed by atoms with Crippen molar-refractivity contribution in [2.45, 2.75) is 6.92 Å². The maximum Gasteiger partial charge on any atom is 0.282 e. The van der Waals surface area contributed by atoms with Gasteiger partial charge < -0.3 is 15.4 Å². The lowest BCUT2D eigenvalue weighted by Gasteiger charge is -2.15. The van der Waals surface area contributed by atoms with Crippen LogP contribution in [0.2, 0.25) is 0 Å². The fraction of sp³-hybridized carbons (Fsp3) is 0.200. The van der Waals surface area contributed by atoms with E-state index >= 15 is 0 Å². The van der Waals surface area contributed by atoms with Crippen LogP contribution in [-0.4, -0.2) is 42.5 Å². The third-order valence-corrected chi connectivity index (χ3v) is 4.66. The van der Waals surface area contributed by atoms with Crippen molar-refractivity contribution >= 4 is 44.6 Å². The normalized spacial score (nSPS) is 11.2. The highest BCUT2D eigenvalue weighted by Gasteiger charge is 2.10. The van der Waals surface area contributed by atoms with E-state index in [2.05, 4.69) is 26.0 Å². The Kier molecular flexibility index (Phi) is 5.97. The van der Waals surface area contributed by atoms with Crippen molar-refractivity contribution in [3.63, 3.8) is 0 Å². The molecule has 0 aliphatic heterocycles. The third-order valence-electron chi connectivity index (χ3n) is 4.17. The van der Waals surface area contributed by atoms with Crippen molar-refractivity contribution in [3.8, 4) is 5.75 Å². The molecule has 0 aliphatic rings. The topological polar surface area (TPSA) is 103 Å². The highest BCUT2D eigenvalue weighted by Crippen LogP contribution is 2.24. The molecular formula is C20H20BrN5O3. The molecule has 2 aromatic carbocycles. The van der Waals surface area contributed by atoms with Gasteiger partial charge in [0.15, 0.2) is 6.61 Å². The molecule has 1 heterocycles. The molecule has 0 spiro atoms. The van der Waals surface area contributed by atoms with E-state index in [0.717, 1.165) is 10.2 Å². The lowest BCUT2D eigenvalue weighted by atomic mass is 10.2. The minimum atomic E-state index is -0.584. The summed E-state index contributed by atoms with van der Waals surface area (Å²) in [6, 6.07) is 10.8. The number of hydrogen-bond donors (Lipinski definition) is 1. The van der Waals surface area contributed by atoms with Crippen molar-refractivity contribution in [3.05, 3.63) is 62.6 Å². The molecule has 0 bridgehead atoms. The number of rotatable bonds is 6. The second kappa shape index (κ2) is 8.44. The molecule has 0 radical (unpaired) electrons. The molecule has 0 aliphatic carbocycles. The zero-order valence-electron chi connectivity index (χ0n) is 16.2. The van der Waals surface area contributed by atoms with Crippen LogP contribution in [0.4, 0.5) is 5.69 Å². The number of aromatic nitrogens is 2. The number of amides is 1. The fourth-order valence-electron chi connectivity index (χ4n) is 2.70. The van der Waals surface area contributed by atoms with E-state index < -0.39 is 5.91 Å². The summed E-state index contributed by atoms with van der Waals surface area (Å²) in [6.07, 6.45) is 1.50. The van der Waals surface area contributed by atoms with Crippen molar-refractivity contribution in [1.82, 2.24) is 9.66 Å². The Balaban J connectivity index is 2.05. The summed E-state index contributed by atoms with van der Waals surface area (Å²) in [7, 11) is 3.78. The highest BCUT2D eigenvalue weighted by atomic mass is 79.9. The number of nitrogens with zero attached hydrogens (tertiary/aromatic N) is 4. The second-order valence-corrected chi connectivity index (χ2v) is 7.47. The molecule has 0 fully saturated rings. The maximum atomic E-state index is 12.9. The molecule has 1 aromatic heterocycles. The van der Waals surface area contributed by atoms with E-state index in [1.165, 1.54) is 10.9 Å². The summed E-state index contributed by atoms with van der Waals surface area (Å²) in [5, 5.41) is 4.76. The van der Waals surface area contributed by atoms with Gasteiger partial charge in [0.05, 0.1) is 17.1 Å². The standard InChI is InChI=1S/C20H20BrN5O3/c1-12-24-17-7-5-14(21)8-16(17)20(28)26(12)23-10-13-4-6-15(25(2)3)9-18(13)29-11-19(22)27/h4-10H,11H2,1-3H3,(H2,22,27). The number of ether oxygens (including phenoxy) is 1. The largest absolute Gasteiger partial charge is 0.483 e. The van der Waals surface area contributed by atoms with E-state index in [1.807, 2.05) is 31.1 Å². The monoisotopic (exact) mass is 457 g/mol. The van der Waals surface area contributed by atoms with Gasteiger partial charge in [-0.1, -0.05) is 15.9 Å². The maximum absolute atomic E-state index is 12.9. The molecule has 150 valence electrons. The number of anilines is 1. The summed E-state index contributed by atoms with van der Waals surface area (Å²) in [5.74, 6) is 0.297. The second-order valence-electron chi connectivity index (χ2n) is 6.55. The zero-order valence-corrected chi connectivity index (χ0v) is 17.8. The lowest BCUT2D eigenvalue weighted by molar-refractivity contribution is -0.119. The predicted octanol–water partition coefficient (Wildman–Crippen LogP) is 2.28. The zero-order chi connectivity index (χ0) is 21.1.